The van der Waals surface area contributed by atoms with E-state index in [4.69, 9.17) is 4.84 Å². The summed E-state index contributed by atoms with van der Waals surface area (Å²) in [7, 11) is 0. The average Bonchev–Trinajstić information content (AvgIpc) is 2.11. The summed E-state index contributed by atoms with van der Waals surface area (Å²) in [5, 5.41) is 0.0660. The molecule has 1 amide bonds. The maximum Gasteiger partial charge on any atom is 0.244 e. The lowest BCUT2D eigenvalue weighted by atomic mass is 10.1. The molecule has 18 heavy (non-hydrogen) atoms. The molecular weight excluding hydrogens is 250 g/mol. The predicted octanol–water partition coefficient (Wildman–Crippen LogP) is 2.92. The van der Waals surface area contributed by atoms with Crippen molar-refractivity contribution < 1.29 is 14.4 Å². The summed E-state index contributed by atoms with van der Waals surface area (Å²) in [5.74, 6) is 0.280. The summed E-state index contributed by atoms with van der Waals surface area (Å²) in [4.78, 5) is 28.0. The Labute approximate surface area is 114 Å². The van der Waals surface area contributed by atoms with Crippen molar-refractivity contribution in [3.8, 4) is 0 Å². The molecule has 0 bridgehead atoms. The first-order valence-electron chi connectivity index (χ1n) is 6.24. The van der Waals surface area contributed by atoms with Gasteiger partial charge in [0.25, 0.3) is 0 Å². The molecule has 4 nitrogen and oxygen atoms in total. The Morgan fingerprint density at radius 2 is 1.83 bits per heavy atom. The Hall–Kier alpha value is -0.550. The second-order valence-electron chi connectivity index (χ2n) is 5.80. The van der Waals surface area contributed by atoms with Gasteiger partial charge in [0, 0.05) is 18.6 Å². The number of nitrogens with one attached hydrogen (secondary N) is 1. The van der Waals surface area contributed by atoms with Gasteiger partial charge in [-0.25, -0.2) is 5.48 Å². The third-order valence-electron chi connectivity index (χ3n) is 1.95. The minimum absolute atomic E-state index is 0.0195. The van der Waals surface area contributed by atoms with Crippen LogP contribution in [0.5, 0.6) is 0 Å². The van der Waals surface area contributed by atoms with Gasteiger partial charge in [-0.05, 0) is 33.1 Å². The highest BCUT2D eigenvalue weighted by atomic mass is 32.2. The molecule has 0 aliphatic carbocycles. The summed E-state index contributed by atoms with van der Waals surface area (Å²) < 4.78 is 0. The maximum atomic E-state index is 11.7. The summed E-state index contributed by atoms with van der Waals surface area (Å²) in [6, 6.07) is 0. The molecule has 1 atom stereocenters. The van der Waals surface area contributed by atoms with Crippen LogP contribution in [0.1, 0.15) is 54.4 Å². The summed E-state index contributed by atoms with van der Waals surface area (Å²) in [6.07, 6.45) is 1.14. The number of hydrogen-bond donors (Lipinski definition) is 1. The zero-order chi connectivity index (χ0) is 14.3. The molecule has 0 aromatic carbocycles. The molecular formula is C13H25NO3S. The topological polar surface area (TPSA) is 55.4 Å². The molecule has 0 rings (SSSR count). The molecule has 0 saturated carbocycles. The van der Waals surface area contributed by atoms with Crippen molar-refractivity contribution in [2.45, 2.75) is 65.2 Å². The molecule has 0 radical (unpaired) electrons. The van der Waals surface area contributed by atoms with Crippen molar-refractivity contribution in [2.24, 2.45) is 5.92 Å². The van der Waals surface area contributed by atoms with E-state index in [2.05, 4.69) is 19.3 Å². The number of hydroxylamine groups is 1. The van der Waals surface area contributed by atoms with Crippen molar-refractivity contribution in [1.29, 1.82) is 0 Å². The summed E-state index contributed by atoms with van der Waals surface area (Å²) in [5.41, 5.74) is 2.03. The monoisotopic (exact) mass is 275 g/mol. The molecule has 5 heteroatoms. The van der Waals surface area contributed by atoms with Crippen molar-refractivity contribution in [1.82, 2.24) is 5.48 Å². The van der Waals surface area contributed by atoms with Gasteiger partial charge in [0.15, 0.2) is 5.12 Å². The average molecular weight is 275 g/mol. The smallest absolute Gasteiger partial charge is 0.244 e. The van der Waals surface area contributed by atoms with Crippen molar-refractivity contribution in [3.63, 3.8) is 0 Å². The third-order valence-corrected chi connectivity index (χ3v) is 2.98. The zero-order valence-electron chi connectivity index (χ0n) is 12.2. The van der Waals surface area contributed by atoms with Crippen LogP contribution in [0, 0.1) is 5.92 Å². The van der Waals surface area contributed by atoms with Gasteiger partial charge >= 0.3 is 0 Å². The molecule has 0 aromatic rings. The van der Waals surface area contributed by atoms with Gasteiger partial charge < -0.3 is 0 Å². The molecule has 0 aliphatic rings. The molecule has 1 N–H and O–H groups in total. The van der Waals surface area contributed by atoms with Crippen LogP contribution in [0.3, 0.4) is 0 Å². The van der Waals surface area contributed by atoms with E-state index in [0.29, 0.717) is 12.3 Å². The quantitative estimate of drug-likeness (QED) is 0.757. The standard InChI is InChI=1S/C13H25NO3S/c1-9(2)7-11(18-10(3)15)8-12(16)14-17-13(4,5)6/h9,11H,7-8H2,1-6H3,(H,14,16). The second kappa shape index (κ2) is 7.79. The van der Waals surface area contributed by atoms with Gasteiger partial charge in [-0.3, -0.25) is 14.4 Å². The van der Waals surface area contributed by atoms with Crippen LogP contribution in [0.15, 0.2) is 0 Å². The van der Waals surface area contributed by atoms with Crippen LogP contribution in [-0.4, -0.2) is 21.9 Å². The van der Waals surface area contributed by atoms with E-state index in [-0.39, 0.29) is 16.3 Å². The molecule has 0 aliphatic heterocycles. The van der Waals surface area contributed by atoms with Gasteiger partial charge in [0.05, 0.1) is 5.60 Å². The fourth-order valence-corrected chi connectivity index (χ4v) is 2.58. The lowest BCUT2D eigenvalue weighted by molar-refractivity contribution is -0.145. The van der Waals surface area contributed by atoms with Crippen LogP contribution in [-0.2, 0) is 14.4 Å². The van der Waals surface area contributed by atoms with E-state index < -0.39 is 5.60 Å². The molecule has 0 fully saturated rings. The number of hydrogen-bond acceptors (Lipinski definition) is 4. The summed E-state index contributed by atoms with van der Waals surface area (Å²) in [6.45, 7) is 11.3. The van der Waals surface area contributed by atoms with Gasteiger partial charge in [-0.1, -0.05) is 25.6 Å². The van der Waals surface area contributed by atoms with Gasteiger partial charge in [0.2, 0.25) is 5.91 Å². The molecule has 1 unspecified atom stereocenters. The van der Waals surface area contributed by atoms with Gasteiger partial charge in [-0.15, -0.1) is 0 Å². The Bertz CT molecular complexity index is 284. The van der Waals surface area contributed by atoms with E-state index in [1.165, 1.54) is 18.7 Å². The maximum absolute atomic E-state index is 11.7. The highest BCUT2D eigenvalue weighted by Gasteiger charge is 2.19. The Morgan fingerprint density at radius 1 is 1.28 bits per heavy atom. The first kappa shape index (κ1) is 17.4. The number of carbonyl (C=O) groups is 2. The van der Waals surface area contributed by atoms with Crippen LogP contribution < -0.4 is 5.48 Å². The van der Waals surface area contributed by atoms with E-state index in [9.17, 15) is 9.59 Å². The van der Waals surface area contributed by atoms with Gasteiger partial charge in [0.1, 0.15) is 0 Å². The normalized spacial score (nSPS) is 13.5. The number of thioether (sulfide) groups is 1. The highest BCUT2D eigenvalue weighted by molar-refractivity contribution is 8.14. The SMILES string of the molecule is CC(=O)SC(CC(=O)NOC(C)(C)C)CC(C)C. The molecule has 0 saturated heterocycles. The first-order valence-corrected chi connectivity index (χ1v) is 7.12. The van der Waals surface area contributed by atoms with Crippen LogP contribution in [0.4, 0.5) is 0 Å². The number of rotatable bonds is 6. The van der Waals surface area contributed by atoms with E-state index in [1.54, 1.807) is 0 Å². The second-order valence-corrected chi connectivity index (χ2v) is 7.28. The Kier molecular flexibility index (Phi) is 7.55. The zero-order valence-corrected chi connectivity index (χ0v) is 13.0. The molecule has 0 aromatic heterocycles. The molecule has 0 spiro atoms. The summed E-state index contributed by atoms with van der Waals surface area (Å²) >= 11 is 1.23. The largest absolute Gasteiger partial charge is 0.288 e. The van der Waals surface area contributed by atoms with Crippen molar-refractivity contribution in [2.75, 3.05) is 0 Å². The van der Waals surface area contributed by atoms with Crippen molar-refractivity contribution >= 4 is 22.8 Å². The minimum atomic E-state index is -0.406. The first-order chi connectivity index (χ1) is 8.10. The predicted molar refractivity (Wildman–Crippen MR) is 75.1 cm³/mol. The fraction of sp³-hybridized carbons (Fsp3) is 0.846. The van der Waals surface area contributed by atoms with Gasteiger partial charge in [-0.2, -0.15) is 0 Å². The minimum Gasteiger partial charge on any atom is -0.288 e. The number of amides is 1. The van der Waals surface area contributed by atoms with Crippen molar-refractivity contribution in [3.05, 3.63) is 0 Å². The number of carbonyl (C=O) groups excluding carboxylic acids is 2. The third kappa shape index (κ3) is 10.6. The van der Waals surface area contributed by atoms with E-state index in [0.717, 1.165) is 6.42 Å². The van der Waals surface area contributed by atoms with E-state index in [1.807, 2.05) is 20.8 Å². The highest BCUT2D eigenvalue weighted by Crippen LogP contribution is 2.23. The van der Waals surface area contributed by atoms with Crippen LogP contribution in [0.25, 0.3) is 0 Å². The Morgan fingerprint density at radius 3 is 2.22 bits per heavy atom. The van der Waals surface area contributed by atoms with Crippen LogP contribution >= 0.6 is 11.8 Å². The fourth-order valence-electron chi connectivity index (χ4n) is 1.39. The molecule has 106 valence electrons. The lowest BCUT2D eigenvalue weighted by Gasteiger charge is -2.21. The van der Waals surface area contributed by atoms with E-state index >= 15 is 0 Å². The Balaban J connectivity index is 4.21. The van der Waals surface area contributed by atoms with Crippen LogP contribution in [0.2, 0.25) is 0 Å². The molecule has 0 heterocycles. The lowest BCUT2D eigenvalue weighted by Crippen LogP contribution is -2.35.